The Bertz CT molecular complexity index is 1020. The molecule has 2 aromatic carbocycles. The zero-order valence-corrected chi connectivity index (χ0v) is 18.3. The van der Waals surface area contributed by atoms with Crippen molar-refractivity contribution in [2.75, 3.05) is 49.1 Å². The molecule has 0 bridgehead atoms. The van der Waals surface area contributed by atoms with Gasteiger partial charge in [-0.25, -0.2) is 0 Å². The van der Waals surface area contributed by atoms with Crippen LogP contribution >= 0.6 is 0 Å². The molecule has 2 fully saturated rings. The van der Waals surface area contributed by atoms with Crippen LogP contribution in [0.1, 0.15) is 12.8 Å². The second-order valence-corrected chi connectivity index (χ2v) is 8.58. The maximum atomic E-state index is 13.3. The van der Waals surface area contributed by atoms with E-state index in [4.69, 9.17) is 0 Å². The van der Waals surface area contributed by atoms with E-state index >= 15 is 0 Å². The predicted octanol–water partition coefficient (Wildman–Crippen LogP) is 3.71. The first-order valence-corrected chi connectivity index (χ1v) is 11.5. The molecule has 0 saturated carbocycles. The number of benzene rings is 2. The van der Waals surface area contributed by atoms with E-state index in [1.54, 1.807) is 0 Å². The van der Waals surface area contributed by atoms with Crippen LogP contribution in [0.5, 0.6) is 0 Å². The molecule has 0 aliphatic carbocycles. The molecule has 0 unspecified atom stereocenters. The van der Waals surface area contributed by atoms with Crippen molar-refractivity contribution in [1.82, 2.24) is 15.1 Å². The van der Waals surface area contributed by atoms with Crippen LogP contribution in [0.2, 0.25) is 0 Å². The summed E-state index contributed by atoms with van der Waals surface area (Å²) in [6.45, 7) is 4.99. The molecule has 1 amide bonds. The SMILES string of the molecule is O=C([C@H]1CCCN(c2ccc(-c3ccccc3)nn2)C1)N1CCN(c2ccccc2)CC1. The number of hydrogen-bond donors (Lipinski definition) is 0. The zero-order chi connectivity index (χ0) is 21.8. The van der Waals surface area contributed by atoms with Gasteiger partial charge in [-0.2, -0.15) is 0 Å². The molecule has 2 aliphatic rings. The standard InChI is InChI=1S/C26H29N5O/c32-26(30-18-16-29(17-19-30)23-11-5-2-6-12-23)22-10-7-15-31(20-22)25-14-13-24(27-28-25)21-8-3-1-4-9-21/h1-6,8-9,11-14,22H,7,10,15-20H2/t22-/m0/s1. The van der Waals surface area contributed by atoms with Gasteiger partial charge >= 0.3 is 0 Å². The van der Waals surface area contributed by atoms with Crippen molar-refractivity contribution in [2.24, 2.45) is 5.92 Å². The van der Waals surface area contributed by atoms with Crippen LogP contribution in [-0.2, 0) is 4.79 Å². The maximum absolute atomic E-state index is 13.3. The van der Waals surface area contributed by atoms with Crippen LogP contribution in [-0.4, -0.2) is 60.3 Å². The number of hydrogen-bond acceptors (Lipinski definition) is 5. The lowest BCUT2D eigenvalue weighted by molar-refractivity contribution is -0.136. The van der Waals surface area contributed by atoms with E-state index in [2.05, 4.69) is 49.2 Å². The van der Waals surface area contributed by atoms with Gasteiger partial charge in [0.05, 0.1) is 11.6 Å². The fourth-order valence-electron chi connectivity index (χ4n) is 4.73. The summed E-state index contributed by atoms with van der Waals surface area (Å²) in [5, 5.41) is 8.90. The number of carbonyl (C=O) groups excluding carboxylic acids is 1. The number of para-hydroxylation sites is 1. The molecular formula is C26H29N5O. The third-order valence-corrected chi connectivity index (χ3v) is 6.53. The lowest BCUT2D eigenvalue weighted by Crippen LogP contribution is -2.52. The summed E-state index contributed by atoms with van der Waals surface area (Å²) >= 11 is 0. The lowest BCUT2D eigenvalue weighted by Gasteiger charge is -2.40. The van der Waals surface area contributed by atoms with E-state index in [0.29, 0.717) is 0 Å². The number of piperidine rings is 1. The van der Waals surface area contributed by atoms with E-state index < -0.39 is 0 Å². The van der Waals surface area contributed by atoms with Crippen molar-refractivity contribution in [3.63, 3.8) is 0 Å². The molecule has 1 aromatic heterocycles. The number of carbonyl (C=O) groups is 1. The normalized spacial score (nSPS) is 19.1. The summed E-state index contributed by atoms with van der Waals surface area (Å²) in [6.07, 6.45) is 1.95. The predicted molar refractivity (Wildman–Crippen MR) is 128 cm³/mol. The Morgan fingerprint density at radius 3 is 2.16 bits per heavy atom. The van der Waals surface area contributed by atoms with Gasteiger partial charge < -0.3 is 14.7 Å². The first-order chi connectivity index (χ1) is 15.8. The Morgan fingerprint density at radius 2 is 1.47 bits per heavy atom. The van der Waals surface area contributed by atoms with Gasteiger partial charge in [0.25, 0.3) is 0 Å². The van der Waals surface area contributed by atoms with E-state index in [1.807, 2.05) is 48.5 Å². The van der Waals surface area contributed by atoms with Gasteiger partial charge in [-0.05, 0) is 37.1 Å². The minimum Gasteiger partial charge on any atom is -0.368 e. The number of aromatic nitrogens is 2. The van der Waals surface area contributed by atoms with Crippen LogP contribution in [0.15, 0.2) is 72.8 Å². The Labute approximate surface area is 189 Å². The molecular weight excluding hydrogens is 398 g/mol. The van der Waals surface area contributed by atoms with E-state index in [9.17, 15) is 4.79 Å². The Kier molecular flexibility index (Phi) is 6.01. The number of rotatable bonds is 4. The molecule has 1 atom stereocenters. The van der Waals surface area contributed by atoms with Gasteiger partial charge in [-0.1, -0.05) is 48.5 Å². The molecule has 3 aromatic rings. The van der Waals surface area contributed by atoms with E-state index in [0.717, 1.165) is 69.2 Å². The molecule has 164 valence electrons. The molecule has 5 rings (SSSR count). The summed E-state index contributed by atoms with van der Waals surface area (Å²) < 4.78 is 0. The minimum absolute atomic E-state index is 0.0302. The Hall–Kier alpha value is -3.41. The van der Waals surface area contributed by atoms with Crippen molar-refractivity contribution in [2.45, 2.75) is 12.8 Å². The van der Waals surface area contributed by atoms with Gasteiger partial charge in [0.1, 0.15) is 0 Å². The minimum atomic E-state index is 0.0302. The molecule has 32 heavy (non-hydrogen) atoms. The van der Waals surface area contributed by atoms with Crippen molar-refractivity contribution in [3.8, 4) is 11.3 Å². The maximum Gasteiger partial charge on any atom is 0.227 e. The monoisotopic (exact) mass is 427 g/mol. The summed E-state index contributed by atoms with van der Waals surface area (Å²) in [7, 11) is 0. The van der Waals surface area contributed by atoms with Gasteiger partial charge in [0.2, 0.25) is 5.91 Å². The van der Waals surface area contributed by atoms with Crippen molar-refractivity contribution < 1.29 is 4.79 Å². The summed E-state index contributed by atoms with van der Waals surface area (Å²) in [5.74, 6) is 1.18. The number of piperazine rings is 1. The Morgan fingerprint density at radius 1 is 0.750 bits per heavy atom. The van der Waals surface area contributed by atoms with Gasteiger partial charge in [-0.3, -0.25) is 4.79 Å². The number of nitrogens with zero attached hydrogens (tertiary/aromatic N) is 5. The molecule has 6 nitrogen and oxygen atoms in total. The highest BCUT2D eigenvalue weighted by Crippen LogP contribution is 2.25. The highest BCUT2D eigenvalue weighted by atomic mass is 16.2. The Balaban J connectivity index is 1.19. The molecule has 0 spiro atoms. The van der Waals surface area contributed by atoms with Crippen LogP contribution < -0.4 is 9.80 Å². The third-order valence-electron chi connectivity index (χ3n) is 6.53. The fraction of sp³-hybridized carbons (Fsp3) is 0.346. The third kappa shape index (κ3) is 4.44. The topological polar surface area (TPSA) is 52.6 Å². The van der Waals surface area contributed by atoms with Crippen LogP contribution in [0.25, 0.3) is 11.3 Å². The molecule has 0 radical (unpaired) electrons. The second kappa shape index (κ2) is 9.39. The van der Waals surface area contributed by atoms with Crippen molar-refractivity contribution in [1.29, 1.82) is 0 Å². The molecule has 3 heterocycles. The quantitative estimate of drug-likeness (QED) is 0.635. The largest absolute Gasteiger partial charge is 0.368 e. The van der Waals surface area contributed by atoms with Gasteiger partial charge in [0.15, 0.2) is 5.82 Å². The fourth-order valence-corrected chi connectivity index (χ4v) is 4.73. The summed E-state index contributed by atoms with van der Waals surface area (Å²) in [4.78, 5) is 19.9. The first-order valence-electron chi connectivity index (χ1n) is 11.5. The van der Waals surface area contributed by atoms with Crippen LogP contribution in [0, 0.1) is 5.92 Å². The van der Waals surface area contributed by atoms with Crippen molar-refractivity contribution in [3.05, 3.63) is 72.8 Å². The average molecular weight is 428 g/mol. The highest BCUT2D eigenvalue weighted by molar-refractivity contribution is 5.80. The van der Waals surface area contributed by atoms with Gasteiger partial charge in [-0.15, -0.1) is 10.2 Å². The summed E-state index contributed by atoms with van der Waals surface area (Å²) in [5.41, 5.74) is 3.17. The lowest BCUT2D eigenvalue weighted by atomic mass is 9.96. The molecule has 0 N–H and O–H groups in total. The molecule has 6 heteroatoms. The molecule has 2 aliphatic heterocycles. The summed E-state index contributed by atoms with van der Waals surface area (Å²) in [6, 6.07) is 24.6. The van der Waals surface area contributed by atoms with Crippen LogP contribution in [0.3, 0.4) is 0 Å². The zero-order valence-electron chi connectivity index (χ0n) is 18.3. The smallest absolute Gasteiger partial charge is 0.227 e. The van der Waals surface area contributed by atoms with Crippen molar-refractivity contribution >= 4 is 17.4 Å². The first kappa shape index (κ1) is 20.5. The second-order valence-electron chi connectivity index (χ2n) is 8.58. The van der Waals surface area contributed by atoms with E-state index in [-0.39, 0.29) is 11.8 Å². The number of amides is 1. The van der Waals surface area contributed by atoms with Gasteiger partial charge in [0, 0.05) is 50.5 Å². The molecule has 2 saturated heterocycles. The van der Waals surface area contributed by atoms with E-state index in [1.165, 1.54) is 5.69 Å². The number of anilines is 2. The highest BCUT2D eigenvalue weighted by Gasteiger charge is 2.31. The van der Waals surface area contributed by atoms with Crippen LogP contribution in [0.4, 0.5) is 11.5 Å². The average Bonchev–Trinajstić information content (AvgIpc) is 2.89.